The maximum Gasteiger partial charge on any atom is 0.233 e. The van der Waals surface area contributed by atoms with Crippen LogP contribution in [0.25, 0.3) is 0 Å². The molecule has 1 fully saturated rings. The van der Waals surface area contributed by atoms with E-state index < -0.39 is 5.41 Å². The zero-order chi connectivity index (χ0) is 19.6. The summed E-state index contributed by atoms with van der Waals surface area (Å²) in [5.74, 6) is 0.815. The van der Waals surface area contributed by atoms with Gasteiger partial charge in [-0.15, -0.1) is 24.0 Å². The summed E-state index contributed by atoms with van der Waals surface area (Å²) >= 11 is 0. The zero-order valence-corrected chi connectivity index (χ0v) is 19.7. The first kappa shape index (κ1) is 25.9. The van der Waals surface area contributed by atoms with Crippen LogP contribution in [0.3, 0.4) is 0 Å². The van der Waals surface area contributed by atoms with Gasteiger partial charge in [0.15, 0.2) is 5.96 Å². The number of hydrogen-bond acceptors (Lipinski definition) is 4. The van der Waals surface area contributed by atoms with Crippen LogP contribution < -0.4 is 21.3 Å². The second-order valence-electron chi connectivity index (χ2n) is 7.31. The van der Waals surface area contributed by atoms with E-state index in [0.29, 0.717) is 25.7 Å². The van der Waals surface area contributed by atoms with Gasteiger partial charge in [0.25, 0.3) is 0 Å². The molecule has 0 bridgehead atoms. The van der Waals surface area contributed by atoms with Crippen molar-refractivity contribution in [3.8, 4) is 0 Å². The van der Waals surface area contributed by atoms with Crippen molar-refractivity contribution in [3.63, 3.8) is 0 Å². The molecule has 0 radical (unpaired) electrons. The van der Waals surface area contributed by atoms with Crippen LogP contribution in [0.15, 0.2) is 4.99 Å². The van der Waals surface area contributed by atoms with Crippen molar-refractivity contribution in [1.82, 2.24) is 26.2 Å². The second-order valence-corrected chi connectivity index (χ2v) is 7.31. The van der Waals surface area contributed by atoms with Crippen LogP contribution in [-0.2, 0) is 9.59 Å². The smallest absolute Gasteiger partial charge is 0.233 e. The van der Waals surface area contributed by atoms with E-state index in [1.165, 1.54) is 0 Å². The van der Waals surface area contributed by atoms with Crippen LogP contribution in [-0.4, -0.2) is 75.0 Å². The Morgan fingerprint density at radius 1 is 1.11 bits per heavy atom. The average molecular weight is 496 g/mol. The summed E-state index contributed by atoms with van der Waals surface area (Å²) in [4.78, 5) is 30.4. The highest BCUT2D eigenvalue weighted by atomic mass is 127. The third-order valence-corrected chi connectivity index (χ3v) is 4.50. The first-order chi connectivity index (χ1) is 12.3. The molecule has 0 aliphatic carbocycles. The second kappa shape index (κ2) is 13.1. The maximum atomic E-state index is 12.1. The lowest BCUT2D eigenvalue weighted by atomic mass is 9.92. The minimum absolute atomic E-state index is 0. The predicted molar refractivity (Wildman–Crippen MR) is 121 cm³/mol. The molecule has 1 rings (SSSR count). The highest BCUT2D eigenvalue weighted by Crippen LogP contribution is 2.16. The Morgan fingerprint density at radius 2 is 1.70 bits per heavy atom. The van der Waals surface area contributed by atoms with Gasteiger partial charge < -0.3 is 21.3 Å². The maximum absolute atomic E-state index is 12.1. The highest BCUT2D eigenvalue weighted by Gasteiger charge is 2.27. The number of guanidine groups is 1. The van der Waals surface area contributed by atoms with Gasteiger partial charge in [0.05, 0.1) is 18.5 Å². The monoisotopic (exact) mass is 496 g/mol. The van der Waals surface area contributed by atoms with Crippen LogP contribution >= 0.6 is 24.0 Å². The number of carbonyl (C=O) groups excluding carboxylic acids is 2. The molecular formula is C18H37IN6O2. The molecule has 8 nitrogen and oxygen atoms in total. The van der Waals surface area contributed by atoms with Crippen LogP contribution in [0, 0.1) is 5.41 Å². The van der Waals surface area contributed by atoms with Crippen LogP contribution in [0.4, 0.5) is 0 Å². The van der Waals surface area contributed by atoms with E-state index in [-0.39, 0.29) is 35.8 Å². The Kier molecular flexibility index (Phi) is 12.6. The molecule has 0 aromatic heterocycles. The van der Waals surface area contributed by atoms with E-state index in [1.54, 1.807) is 7.05 Å². The summed E-state index contributed by atoms with van der Waals surface area (Å²) in [5.41, 5.74) is -0.546. The number of rotatable bonds is 8. The molecule has 0 atom stereocenters. The van der Waals surface area contributed by atoms with Crippen molar-refractivity contribution in [2.45, 2.75) is 46.6 Å². The van der Waals surface area contributed by atoms with Gasteiger partial charge >= 0.3 is 0 Å². The molecule has 158 valence electrons. The van der Waals surface area contributed by atoms with Crippen molar-refractivity contribution >= 4 is 41.8 Å². The Balaban J connectivity index is 0.00000676. The molecule has 0 unspecified atom stereocenters. The molecule has 0 aromatic carbocycles. The lowest BCUT2D eigenvalue weighted by Gasteiger charge is -2.32. The number of piperidine rings is 1. The molecule has 4 N–H and O–H groups in total. The molecule has 1 aliphatic rings. The number of likely N-dealkylation sites (tertiary alicyclic amines) is 1. The van der Waals surface area contributed by atoms with Crippen molar-refractivity contribution in [1.29, 1.82) is 0 Å². The molecule has 0 aromatic rings. The number of carbonyl (C=O) groups is 2. The number of nitrogens with zero attached hydrogens (tertiary/aromatic N) is 2. The van der Waals surface area contributed by atoms with Gasteiger partial charge in [-0.25, -0.2) is 0 Å². The van der Waals surface area contributed by atoms with E-state index in [9.17, 15) is 9.59 Å². The number of halogens is 1. The molecule has 0 saturated carbocycles. The third kappa shape index (κ3) is 9.59. The molecular weight excluding hydrogens is 459 g/mol. The number of likely N-dealkylation sites (N-methyl/N-ethyl adjacent to an activating group) is 1. The Labute approximate surface area is 180 Å². The number of amides is 2. The van der Waals surface area contributed by atoms with Crippen LogP contribution in [0.2, 0.25) is 0 Å². The molecule has 0 spiro atoms. The van der Waals surface area contributed by atoms with Crippen molar-refractivity contribution in [3.05, 3.63) is 0 Å². The van der Waals surface area contributed by atoms with Gasteiger partial charge in [0.1, 0.15) is 0 Å². The normalized spacial score (nSPS) is 16.3. The van der Waals surface area contributed by atoms with Crippen molar-refractivity contribution in [2.75, 3.05) is 46.3 Å². The fourth-order valence-electron chi connectivity index (χ4n) is 2.78. The molecule has 27 heavy (non-hydrogen) atoms. The van der Waals surface area contributed by atoms with Gasteiger partial charge in [-0.2, -0.15) is 0 Å². The van der Waals surface area contributed by atoms with Crippen LogP contribution in [0.1, 0.15) is 40.5 Å². The van der Waals surface area contributed by atoms with Crippen LogP contribution in [0.5, 0.6) is 0 Å². The lowest BCUT2D eigenvalue weighted by Crippen LogP contribution is -2.50. The summed E-state index contributed by atoms with van der Waals surface area (Å²) in [7, 11) is 1.66. The molecule has 1 saturated heterocycles. The largest absolute Gasteiger partial charge is 0.358 e. The lowest BCUT2D eigenvalue weighted by molar-refractivity contribution is -0.128. The topological polar surface area (TPSA) is 97.9 Å². The average Bonchev–Trinajstić information content (AvgIpc) is 2.61. The number of aliphatic imine (C=N–C) groups is 1. The molecule has 1 aliphatic heterocycles. The zero-order valence-electron chi connectivity index (χ0n) is 17.4. The van der Waals surface area contributed by atoms with Gasteiger partial charge in [-0.3, -0.25) is 19.5 Å². The van der Waals surface area contributed by atoms with Crippen molar-refractivity contribution in [2.24, 2.45) is 10.4 Å². The quantitative estimate of drug-likeness (QED) is 0.223. The SMILES string of the molecule is CCNC(=O)C(C)(C)CN=C(NCC)NC1CCN(CC(=O)NC)CC1.I. The summed E-state index contributed by atoms with van der Waals surface area (Å²) in [6.07, 6.45) is 1.92. The van der Waals surface area contributed by atoms with Gasteiger partial charge in [-0.05, 0) is 40.5 Å². The fraction of sp³-hybridized carbons (Fsp3) is 0.833. The minimum Gasteiger partial charge on any atom is -0.358 e. The standard InChI is InChI=1S/C18H36N6O2.HI/c1-6-20-16(26)18(3,4)13-22-17(21-7-2)23-14-8-10-24(11-9-14)12-15(25)19-5;/h14H,6-13H2,1-5H3,(H,19,25)(H,20,26)(H2,21,22,23);1H. The van der Waals surface area contributed by atoms with E-state index in [0.717, 1.165) is 38.4 Å². The van der Waals surface area contributed by atoms with Gasteiger partial charge in [0.2, 0.25) is 11.8 Å². The highest BCUT2D eigenvalue weighted by molar-refractivity contribution is 14.0. The third-order valence-electron chi connectivity index (χ3n) is 4.50. The van der Waals surface area contributed by atoms with Crippen molar-refractivity contribution < 1.29 is 9.59 Å². The van der Waals surface area contributed by atoms with E-state index in [1.807, 2.05) is 27.7 Å². The summed E-state index contributed by atoms with van der Waals surface area (Å²) in [6.45, 7) is 11.8. The summed E-state index contributed by atoms with van der Waals surface area (Å²) < 4.78 is 0. The molecule has 9 heteroatoms. The van der Waals surface area contributed by atoms with E-state index in [2.05, 4.69) is 31.2 Å². The first-order valence-corrected chi connectivity index (χ1v) is 9.58. The first-order valence-electron chi connectivity index (χ1n) is 9.58. The fourth-order valence-corrected chi connectivity index (χ4v) is 2.78. The summed E-state index contributed by atoms with van der Waals surface area (Å²) in [5, 5.41) is 12.2. The van der Waals surface area contributed by atoms with Gasteiger partial charge in [0, 0.05) is 39.3 Å². The Morgan fingerprint density at radius 3 is 2.22 bits per heavy atom. The number of nitrogens with one attached hydrogen (secondary N) is 4. The van der Waals surface area contributed by atoms with Gasteiger partial charge in [-0.1, -0.05) is 0 Å². The molecule has 2 amide bonds. The predicted octanol–water partition coefficient (Wildman–Crippen LogP) is 0.532. The summed E-state index contributed by atoms with van der Waals surface area (Å²) in [6, 6.07) is 0.321. The van der Waals surface area contributed by atoms with E-state index in [4.69, 9.17) is 0 Å². The molecule has 1 heterocycles. The Hall–Kier alpha value is -1.10. The Bertz CT molecular complexity index is 490. The van der Waals surface area contributed by atoms with E-state index >= 15 is 0 Å². The minimum atomic E-state index is -0.546. The number of hydrogen-bond donors (Lipinski definition) is 4.